The summed E-state index contributed by atoms with van der Waals surface area (Å²) < 4.78 is 0. The minimum Gasteiger partial charge on any atom is -0.352 e. The Labute approximate surface area is 207 Å². The summed E-state index contributed by atoms with van der Waals surface area (Å²) in [5.74, 6) is 1.67. The number of hydrogen-bond donors (Lipinski definition) is 0. The number of fused-ring (bicyclic) bond motifs is 1. The van der Waals surface area contributed by atoms with Crippen LogP contribution in [0.15, 0.2) is 91.3 Å². The van der Waals surface area contributed by atoms with Gasteiger partial charge >= 0.3 is 0 Å². The van der Waals surface area contributed by atoms with Gasteiger partial charge in [0, 0.05) is 54.6 Å². The average molecular weight is 478 g/mol. The molecule has 4 heterocycles. The van der Waals surface area contributed by atoms with Gasteiger partial charge in [-0.2, -0.15) is 0 Å². The second-order valence-electron chi connectivity index (χ2n) is 8.45. The second-order valence-corrected chi connectivity index (χ2v) is 9.48. The Bertz CT molecular complexity index is 1460. The van der Waals surface area contributed by atoms with Crippen LogP contribution in [0.25, 0.3) is 32.0 Å². The third kappa shape index (κ3) is 4.26. The molecule has 5 aromatic rings. The van der Waals surface area contributed by atoms with Crippen LogP contribution in [-0.4, -0.2) is 51.9 Å². The molecule has 3 aromatic heterocycles. The smallest absolute Gasteiger partial charge is 0.253 e. The summed E-state index contributed by atoms with van der Waals surface area (Å²) in [7, 11) is 0. The highest BCUT2D eigenvalue weighted by molar-refractivity contribution is 7.22. The van der Waals surface area contributed by atoms with Gasteiger partial charge in [0.25, 0.3) is 5.91 Å². The van der Waals surface area contributed by atoms with Crippen molar-refractivity contribution >= 4 is 33.3 Å². The average Bonchev–Trinajstić information content (AvgIpc) is 3.38. The number of benzene rings is 2. The Morgan fingerprint density at radius 1 is 0.800 bits per heavy atom. The van der Waals surface area contributed by atoms with Gasteiger partial charge in [0.1, 0.15) is 10.6 Å². The molecular weight excluding hydrogens is 454 g/mol. The number of aromatic nitrogens is 3. The Kier molecular flexibility index (Phi) is 5.68. The van der Waals surface area contributed by atoms with Gasteiger partial charge in [0.05, 0.1) is 5.39 Å². The van der Waals surface area contributed by atoms with Crippen LogP contribution >= 0.6 is 11.3 Å². The van der Waals surface area contributed by atoms with Gasteiger partial charge in [0.2, 0.25) is 0 Å². The maximum atomic E-state index is 12.9. The molecule has 2 aromatic carbocycles. The third-order valence-corrected chi connectivity index (χ3v) is 7.32. The first-order valence-corrected chi connectivity index (χ1v) is 12.4. The van der Waals surface area contributed by atoms with Crippen molar-refractivity contribution in [1.82, 2.24) is 19.9 Å². The van der Waals surface area contributed by atoms with Crippen molar-refractivity contribution in [1.29, 1.82) is 0 Å². The molecule has 0 spiro atoms. The van der Waals surface area contributed by atoms with Gasteiger partial charge in [-0.3, -0.25) is 9.78 Å². The molecule has 1 saturated heterocycles. The fourth-order valence-electron chi connectivity index (χ4n) is 4.40. The zero-order valence-electron chi connectivity index (χ0n) is 19.0. The van der Waals surface area contributed by atoms with E-state index in [1.54, 1.807) is 23.7 Å². The van der Waals surface area contributed by atoms with Crippen LogP contribution in [0.2, 0.25) is 0 Å². The normalized spacial score (nSPS) is 13.8. The summed E-state index contributed by atoms with van der Waals surface area (Å²) in [6, 6.07) is 25.9. The number of pyridine rings is 1. The monoisotopic (exact) mass is 477 g/mol. The number of nitrogens with zero attached hydrogens (tertiary/aromatic N) is 5. The number of anilines is 1. The van der Waals surface area contributed by atoms with Crippen molar-refractivity contribution in [3.63, 3.8) is 0 Å². The lowest BCUT2D eigenvalue weighted by Crippen LogP contribution is -2.49. The van der Waals surface area contributed by atoms with E-state index in [2.05, 4.69) is 40.2 Å². The zero-order valence-corrected chi connectivity index (χ0v) is 19.9. The van der Waals surface area contributed by atoms with Crippen molar-refractivity contribution in [3.05, 3.63) is 96.8 Å². The third-order valence-electron chi connectivity index (χ3n) is 6.24. The maximum absolute atomic E-state index is 12.9. The van der Waals surface area contributed by atoms with Gasteiger partial charge in [-0.25, -0.2) is 9.97 Å². The van der Waals surface area contributed by atoms with E-state index in [-0.39, 0.29) is 5.91 Å². The van der Waals surface area contributed by atoms with E-state index in [9.17, 15) is 4.79 Å². The van der Waals surface area contributed by atoms with Crippen molar-refractivity contribution in [3.8, 4) is 21.8 Å². The molecule has 0 bridgehead atoms. The first-order chi connectivity index (χ1) is 17.3. The molecule has 35 heavy (non-hydrogen) atoms. The lowest BCUT2D eigenvalue weighted by molar-refractivity contribution is 0.0746. The molecule has 0 atom stereocenters. The zero-order chi connectivity index (χ0) is 23.6. The van der Waals surface area contributed by atoms with Gasteiger partial charge < -0.3 is 9.80 Å². The molecule has 0 saturated carbocycles. The molecule has 0 N–H and O–H groups in total. The van der Waals surface area contributed by atoms with E-state index in [4.69, 9.17) is 9.97 Å². The molecular formula is C28H23N5OS. The number of piperazine rings is 1. The lowest BCUT2D eigenvalue weighted by Gasteiger charge is -2.35. The van der Waals surface area contributed by atoms with Crippen LogP contribution in [0.4, 0.5) is 5.82 Å². The van der Waals surface area contributed by atoms with Crippen molar-refractivity contribution in [2.75, 3.05) is 31.1 Å². The molecule has 0 radical (unpaired) electrons. The Hall–Kier alpha value is -4.10. The van der Waals surface area contributed by atoms with E-state index in [1.165, 1.54) is 5.56 Å². The minimum absolute atomic E-state index is 0.0797. The number of carbonyl (C=O) groups excluding carboxylic acids is 1. The molecule has 1 aliphatic heterocycles. The van der Waals surface area contributed by atoms with Crippen LogP contribution in [0, 0.1) is 0 Å². The second kappa shape index (κ2) is 9.27. The fourth-order valence-corrected chi connectivity index (χ4v) is 5.43. The van der Waals surface area contributed by atoms with Crippen LogP contribution in [0.1, 0.15) is 10.4 Å². The number of thiophene rings is 1. The summed E-state index contributed by atoms with van der Waals surface area (Å²) >= 11 is 1.68. The highest BCUT2D eigenvalue weighted by Gasteiger charge is 2.25. The fraction of sp³-hybridized carbons (Fsp3) is 0.143. The number of amides is 1. The van der Waals surface area contributed by atoms with Crippen LogP contribution in [-0.2, 0) is 0 Å². The predicted molar refractivity (Wildman–Crippen MR) is 141 cm³/mol. The SMILES string of the molecule is O=C(c1ccccc1)N1CCN(c2nc(-c3cccnc3)nc3sc(-c4ccccc4)cc23)CC1. The van der Waals surface area contributed by atoms with Crippen molar-refractivity contribution < 1.29 is 4.79 Å². The standard InChI is InChI=1S/C28H23N5OS/c34-28(21-10-5-2-6-11-21)33-16-14-32(15-17-33)26-23-18-24(20-8-3-1-4-9-20)35-27(23)31-25(30-26)22-12-7-13-29-19-22/h1-13,18-19H,14-17H2. The summed E-state index contributed by atoms with van der Waals surface area (Å²) in [6.07, 6.45) is 3.55. The summed E-state index contributed by atoms with van der Waals surface area (Å²) in [5.41, 5.74) is 2.79. The molecule has 0 aliphatic carbocycles. The molecule has 1 fully saturated rings. The molecule has 1 amide bonds. The first kappa shape index (κ1) is 21.4. The van der Waals surface area contributed by atoms with Gasteiger partial charge in [-0.15, -0.1) is 11.3 Å². The maximum Gasteiger partial charge on any atom is 0.253 e. The van der Waals surface area contributed by atoms with Gasteiger partial charge in [-0.05, 0) is 35.9 Å². The van der Waals surface area contributed by atoms with E-state index < -0.39 is 0 Å². The van der Waals surface area contributed by atoms with Crippen LogP contribution < -0.4 is 4.90 Å². The van der Waals surface area contributed by atoms with Crippen LogP contribution in [0.3, 0.4) is 0 Å². The van der Waals surface area contributed by atoms with Gasteiger partial charge in [-0.1, -0.05) is 48.5 Å². The highest BCUT2D eigenvalue weighted by Crippen LogP contribution is 2.38. The topological polar surface area (TPSA) is 62.2 Å². The van der Waals surface area contributed by atoms with E-state index in [0.717, 1.165) is 32.0 Å². The summed E-state index contributed by atoms with van der Waals surface area (Å²) in [5, 5.41) is 1.05. The van der Waals surface area contributed by atoms with E-state index in [0.29, 0.717) is 32.0 Å². The number of carbonyl (C=O) groups is 1. The highest BCUT2D eigenvalue weighted by atomic mass is 32.1. The molecule has 1 aliphatic rings. The largest absolute Gasteiger partial charge is 0.352 e. The lowest BCUT2D eigenvalue weighted by atomic mass is 10.1. The number of hydrogen-bond acceptors (Lipinski definition) is 6. The molecule has 7 heteroatoms. The molecule has 6 nitrogen and oxygen atoms in total. The summed E-state index contributed by atoms with van der Waals surface area (Å²) in [6.45, 7) is 2.73. The molecule has 172 valence electrons. The Morgan fingerprint density at radius 3 is 2.23 bits per heavy atom. The van der Waals surface area contributed by atoms with E-state index in [1.807, 2.05) is 53.4 Å². The number of rotatable bonds is 4. The van der Waals surface area contributed by atoms with Gasteiger partial charge in [0.15, 0.2) is 5.82 Å². The van der Waals surface area contributed by atoms with E-state index >= 15 is 0 Å². The Morgan fingerprint density at radius 2 is 1.51 bits per heavy atom. The molecule has 0 unspecified atom stereocenters. The first-order valence-electron chi connectivity index (χ1n) is 11.6. The predicted octanol–water partition coefficient (Wildman–Crippen LogP) is 5.38. The van der Waals surface area contributed by atoms with Crippen molar-refractivity contribution in [2.45, 2.75) is 0 Å². The quantitative estimate of drug-likeness (QED) is 0.348. The molecule has 6 rings (SSSR count). The van der Waals surface area contributed by atoms with Crippen molar-refractivity contribution in [2.24, 2.45) is 0 Å². The minimum atomic E-state index is 0.0797. The summed E-state index contributed by atoms with van der Waals surface area (Å²) in [4.78, 5) is 33.4. The Balaban J connectivity index is 1.35. The van der Waals surface area contributed by atoms with Crippen LogP contribution in [0.5, 0.6) is 0 Å².